The zero-order valence-electron chi connectivity index (χ0n) is 18.5. The number of nitrogens with one attached hydrogen (secondary N) is 1. The smallest absolute Gasteiger partial charge is 0.231 e. The van der Waals surface area contributed by atoms with Crippen molar-refractivity contribution in [2.24, 2.45) is 16.5 Å². The third-order valence-electron chi connectivity index (χ3n) is 5.63. The lowest BCUT2D eigenvalue weighted by Crippen LogP contribution is -2.44. The average molecular weight is 447 g/mol. The van der Waals surface area contributed by atoms with Crippen molar-refractivity contribution in [3.8, 4) is 0 Å². The van der Waals surface area contributed by atoms with Gasteiger partial charge in [0.2, 0.25) is 17.5 Å². The first-order valence-corrected chi connectivity index (χ1v) is 11.4. The van der Waals surface area contributed by atoms with E-state index in [2.05, 4.69) is 10.5 Å². The Morgan fingerprint density at radius 1 is 1.06 bits per heavy atom. The standard InChI is InChI=1S/C23H30N2O5S/c1-15(2)20(28)31-17-10-8-16(9-11-17)24-21(29)23(12-6-5-7-13-23)14-18(26)19(27)22(3,4)25-30/h8-11,15H,5-7,12-14H2,1-4H3,(H,24,29). The summed E-state index contributed by atoms with van der Waals surface area (Å²) in [7, 11) is 0. The largest absolute Gasteiger partial charge is 0.326 e. The molecule has 0 unspecified atom stereocenters. The molecule has 0 atom stereocenters. The summed E-state index contributed by atoms with van der Waals surface area (Å²) in [6.45, 7) is 6.28. The number of nitrogens with zero attached hydrogens (tertiary/aromatic N) is 1. The lowest BCUT2D eigenvalue weighted by Gasteiger charge is -2.35. The molecule has 0 aliphatic heterocycles. The highest BCUT2D eigenvalue weighted by Gasteiger charge is 2.45. The van der Waals surface area contributed by atoms with Crippen molar-refractivity contribution in [2.75, 3.05) is 5.32 Å². The first-order chi connectivity index (χ1) is 14.5. The van der Waals surface area contributed by atoms with Gasteiger partial charge in [-0.1, -0.05) is 50.0 Å². The van der Waals surface area contributed by atoms with E-state index in [0.717, 1.165) is 35.9 Å². The van der Waals surface area contributed by atoms with Crippen LogP contribution in [0, 0.1) is 16.2 Å². The molecule has 1 fully saturated rings. The zero-order chi connectivity index (χ0) is 23.2. The van der Waals surface area contributed by atoms with Crippen LogP contribution in [-0.4, -0.2) is 28.1 Å². The quantitative estimate of drug-likeness (QED) is 0.327. The molecular weight excluding hydrogens is 416 g/mol. The van der Waals surface area contributed by atoms with Crippen LogP contribution < -0.4 is 5.32 Å². The van der Waals surface area contributed by atoms with Crippen molar-refractivity contribution >= 4 is 40.0 Å². The number of ketones is 2. The van der Waals surface area contributed by atoms with Gasteiger partial charge < -0.3 is 5.32 Å². The number of hydrogen-bond donors (Lipinski definition) is 1. The second-order valence-electron chi connectivity index (χ2n) is 8.97. The second kappa shape index (κ2) is 10.3. The van der Waals surface area contributed by atoms with E-state index in [9.17, 15) is 24.1 Å². The summed E-state index contributed by atoms with van der Waals surface area (Å²) in [6.07, 6.45) is 3.32. The molecule has 7 nitrogen and oxygen atoms in total. The first-order valence-electron chi connectivity index (χ1n) is 10.6. The van der Waals surface area contributed by atoms with Crippen LogP contribution in [0.25, 0.3) is 0 Å². The summed E-state index contributed by atoms with van der Waals surface area (Å²) in [5.41, 5.74) is -2.06. The molecule has 0 aromatic heterocycles. The molecule has 0 saturated heterocycles. The lowest BCUT2D eigenvalue weighted by molar-refractivity contribution is -0.143. The monoisotopic (exact) mass is 446 g/mol. The number of nitroso groups, excluding NO2 is 1. The maximum absolute atomic E-state index is 13.2. The van der Waals surface area contributed by atoms with E-state index >= 15 is 0 Å². The Bertz CT molecular complexity index is 855. The molecule has 1 aromatic carbocycles. The summed E-state index contributed by atoms with van der Waals surface area (Å²) >= 11 is 1.15. The minimum absolute atomic E-state index is 0.0638. The van der Waals surface area contributed by atoms with Crippen LogP contribution in [0.4, 0.5) is 5.69 Å². The molecule has 31 heavy (non-hydrogen) atoms. The maximum atomic E-state index is 13.2. The molecule has 1 amide bonds. The molecule has 8 heteroatoms. The summed E-state index contributed by atoms with van der Waals surface area (Å²) in [5, 5.41) is 5.70. The van der Waals surface area contributed by atoms with Gasteiger partial charge in [0.15, 0.2) is 10.7 Å². The van der Waals surface area contributed by atoms with Gasteiger partial charge in [-0.2, -0.15) is 0 Å². The molecule has 0 bridgehead atoms. The highest BCUT2D eigenvalue weighted by Crippen LogP contribution is 2.41. The summed E-state index contributed by atoms with van der Waals surface area (Å²) in [6, 6.07) is 6.97. The molecular formula is C23H30N2O5S. The summed E-state index contributed by atoms with van der Waals surface area (Å²) in [5.74, 6) is -1.98. The van der Waals surface area contributed by atoms with Crippen molar-refractivity contribution in [3.05, 3.63) is 29.2 Å². The van der Waals surface area contributed by atoms with Gasteiger partial charge in [-0.05, 0) is 51.0 Å². The normalized spacial score (nSPS) is 15.9. The predicted octanol–water partition coefficient (Wildman–Crippen LogP) is 4.92. The predicted molar refractivity (Wildman–Crippen MR) is 121 cm³/mol. The number of benzene rings is 1. The number of hydrogen-bond acceptors (Lipinski definition) is 7. The SMILES string of the molecule is CC(C)C(=O)Sc1ccc(NC(=O)C2(CC(=O)C(=O)C(C)(C)N=O)CCCCC2)cc1. The van der Waals surface area contributed by atoms with Gasteiger partial charge in [-0.15, -0.1) is 4.91 Å². The van der Waals surface area contributed by atoms with Crippen molar-refractivity contribution in [3.63, 3.8) is 0 Å². The van der Waals surface area contributed by atoms with Crippen LogP contribution in [0.1, 0.15) is 66.2 Å². The fourth-order valence-corrected chi connectivity index (χ4v) is 4.33. The van der Waals surface area contributed by atoms with Crippen molar-refractivity contribution in [1.82, 2.24) is 0 Å². The molecule has 1 aromatic rings. The van der Waals surface area contributed by atoms with Crippen LogP contribution in [0.3, 0.4) is 0 Å². The van der Waals surface area contributed by atoms with Crippen LogP contribution in [0.5, 0.6) is 0 Å². The highest BCUT2D eigenvalue weighted by molar-refractivity contribution is 8.13. The number of carbonyl (C=O) groups excluding carboxylic acids is 4. The van der Waals surface area contributed by atoms with Gasteiger partial charge in [-0.3, -0.25) is 19.2 Å². The number of thioether (sulfide) groups is 1. The lowest BCUT2D eigenvalue weighted by atomic mass is 9.69. The molecule has 1 aliphatic rings. The number of carbonyl (C=O) groups is 4. The Morgan fingerprint density at radius 2 is 1.65 bits per heavy atom. The van der Waals surface area contributed by atoms with Crippen LogP contribution in [0.15, 0.2) is 34.3 Å². The van der Waals surface area contributed by atoms with Crippen LogP contribution in [0.2, 0.25) is 0 Å². The van der Waals surface area contributed by atoms with E-state index in [0.29, 0.717) is 18.5 Å². The van der Waals surface area contributed by atoms with E-state index in [1.54, 1.807) is 24.3 Å². The van der Waals surface area contributed by atoms with Crippen molar-refractivity contribution in [1.29, 1.82) is 0 Å². The highest BCUT2D eigenvalue weighted by atomic mass is 32.2. The Hall–Kier alpha value is -2.35. The molecule has 0 radical (unpaired) electrons. The second-order valence-corrected chi connectivity index (χ2v) is 10.1. The van der Waals surface area contributed by atoms with Gasteiger partial charge in [-0.25, -0.2) is 0 Å². The Balaban J connectivity index is 2.14. The minimum Gasteiger partial charge on any atom is -0.326 e. The average Bonchev–Trinajstić information content (AvgIpc) is 2.74. The van der Waals surface area contributed by atoms with E-state index in [-0.39, 0.29) is 23.4 Å². The minimum atomic E-state index is -1.63. The van der Waals surface area contributed by atoms with Crippen molar-refractivity contribution < 1.29 is 19.2 Å². The van der Waals surface area contributed by atoms with Gasteiger partial charge in [0.1, 0.15) is 0 Å². The molecule has 168 valence electrons. The van der Waals surface area contributed by atoms with E-state index in [1.165, 1.54) is 13.8 Å². The third-order valence-corrected chi connectivity index (χ3v) is 6.81. The Labute approximate surface area is 187 Å². The van der Waals surface area contributed by atoms with E-state index < -0.39 is 22.5 Å². The van der Waals surface area contributed by atoms with Gasteiger partial charge in [0.05, 0.1) is 5.41 Å². The zero-order valence-corrected chi connectivity index (χ0v) is 19.3. The molecule has 1 aliphatic carbocycles. The topological polar surface area (TPSA) is 110 Å². The number of amides is 1. The molecule has 1 saturated carbocycles. The fraction of sp³-hybridized carbons (Fsp3) is 0.565. The van der Waals surface area contributed by atoms with Crippen molar-refractivity contribution in [2.45, 2.75) is 76.7 Å². The van der Waals surface area contributed by atoms with Crippen LogP contribution >= 0.6 is 11.8 Å². The van der Waals surface area contributed by atoms with Gasteiger partial charge >= 0.3 is 0 Å². The van der Waals surface area contributed by atoms with Gasteiger partial charge in [0.25, 0.3) is 0 Å². The summed E-state index contributed by atoms with van der Waals surface area (Å²) in [4.78, 5) is 61.8. The summed E-state index contributed by atoms with van der Waals surface area (Å²) < 4.78 is 0. The molecule has 0 spiro atoms. The third kappa shape index (κ3) is 6.32. The van der Waals surface area contributed by atoms with Gasteiger partial charge in [0, 0.05) is 22.9 Å². The number of rotatable bonds is 9. The molecule has 0 heterocycles. The fourth-order valence-electron chi connectivity index (χ4n) is 3.59. The van der Waals surface area contributed by atoms with E-state index in [4.69, 9.17) is 0 Å². The Kier molecular flexibility index (Phi) is 8.28. The maximum Gasteiger partial charge on any atom is 0.231 e. The van der Waals surface area contributed by atoms with E-state index in [1.807, 2.05) is 13.8 Å². The number of anilines is 1. The van der Waals surface area contributed by atoms with Crippen LogP contribution in [-0.2, 0) is 19.2 Å². The Morgan fingerprint density at radius 3 is 2.16 bits per heavy atom. The molecule has 1 N–H and O–H groups in total. The molecule has 2 rings (SSSR count). The first kappa shape index (κ1) is 24.9. The number of Topliss-reactive ketones (excluding diaryl/α,β-unsaturated/α-hetero) is 2.